The first-order valence-electron chi connectivity index (χ1n) is 10.2. The highest BCUT2D eigenvalue weighted by Gasteiger charge is 2.16. The Balaban J connectivity index is 1.61. The Hall–Kier alpha value is -3.39. The molecular weight excluding hydrogens is 410 g/mol. The molecule has 4 aromatic rings. The topological polar surface area (TPSA) is 81.3 Å². The fourth-order valence-corrected chi connectivity index (χ4v) is 4.42. The van der Waals surface area contributed by atoms with Gasteiger partial charge in [0.25, 0.3) is 0 Å². The SMILES string of the molecule is CCc1ccccc1NC(=O)Cn1nc2c(Sc3ccccc3CC)nccn2c1=O. The number of benzene rings is 2. The average molecular weight is 434 g/mol. The van der Waals surface area contributed by atoms with Crippen molar-refractivity contribution in [1.29, 1.82) is 0 Å². The minimum Gasteiger partial charge on any atom is -0.324 e. The maximum atomic E-state index is 12.8. The zero-order chi connectivity index (χ0) is 21.8. The molecule has 2 aromatic heterocycles. The molecule has 1 N–H and O–H groups in total. The zero-order valence-corrected chi connectivity index (χ0v) is 18.2. The number of amides is 1. The van der Waals surface area contributed by atoms with Gasteiger partial charge in [0.15, 0.2) is 5.65 Å². The van der Waals surface area contributed by atoms with Crippen LogP contribution in [-0.2, 0) is 24.2 Å². The van der Waals surface area contributed by atoms with Gasteiger partial charge in [0, 0.05) is 23.0 Å². The van der Waals surface area contributed by atoms with E-state index in [1.54, 1.807) is 12.4 Å². The van der Waals surface area contributed by atoms with Gasteiger partial charge in [-0.15, -0.1) is 5.10 Å². The summed E-state index contributed by atoms with van der Waals surface area (Å²) < 4.78 is 2.61. The Kier molecular flexibility index (Phi) is 6.18. The molecule has 0 fully saturated rings. The molecule has 0 aliphatic rings. The van der Waals surface area contributed by atoms with Gasteiger partial charge in [-0.1, -0.05) is 62.0 Å². The van der Waals surface area contributed by atoms with Crippen molar-refractivity contribution in [2.24, 2.45) is 0 Å². The first-order valence-corrected chi connectivity index (χ1v) is 11.0. The summed E-state index contributed by atoms with van der Waals surface area (Å²) in [6.45, 7) is 3.95. The van der Waals surface area contributed by atoms with Gasteiger partial charge in [0.05, 0.1) is 0 Å². The van der Waals surface area contributed by atoms with Crippen LogP contribution < -0.4 is 11.0 Å². The molecule has 0 radical (unpaired) electrons. The van der Waals surface area contributed by atoms with Gasteiger partial charge >= 0.3 is 5.69 Å². The third kappa shape index (κ3) is 4.39. The molecule has 0 saturated heterocycles. The third-order valence-electron chi connectivity index (χ3n) is 5.00. The van der Waals surface area contributed by atoms with Crippen molar-refractivity contribution in [2.45, 2.75) is 43.2 Å². The van der Waals surface area contributed by atoms with Crippen LogP contribution in [-0.4, -0.2) is 25.1 Å². The molecule has 0 bridgehead atoms. The van der Waals surface area contributed by atoms with E-state index in [1.165, 1.54) is 26.4 Å². The van der Waals surface area contributed by atoms with E-state index in [4.69, 9.17) is 0 Å². The predicted molar refractivity (Wildman–Crippen MR) is 122 cm³/mol. The van der Waals surface area contributed by atoms with Crippen molar-refractivity contribution in [2.75, 3.05) is 5.32 Å². The van der Waals surface area contributed by atoms with Gasteiger partial charge in [0.2, 0.25) is 5.91 Å². The molecule has 0 unspecified atom stereocenters. The lowest BCUT2D eigenvalue weighted by Gasteiger charge is -2.09. The van der Waals surface area contributed by atoms with Crippen molar-refractivity contribution >= 4 is 29.0 Å². The molecule has 2 heterocycles. The normalized spacial score (nSPS) is 11.0. The average Bonchev–Trinajstić information content (AvgIpc) is 3.10. The van der Waals surface area contributed by atoms with E-state index >= 15 is 0 Å². The lowest BCUT2D eigenvalue weighted by molar-refractivity contribution is -0.117. The van der Waals surface area contributed by atoms with Crippen LogP contribution in [0.15, 0.2) is 75.6 Å². The Morgan fingerprint density at radius 3 is 2.52 bits per heavy atom. The van der Waals surface area contributed by atoms with E-state index in [0.717, 1.165) is 29.0 Å². The standard InChI is InChI=1S/C23H23N5O2S/c1-3-16-9-5-7-11-18(16)25-20(29)15-28-23(30)27-14-13-24-22(21(27)26-28)31-19-12-8-6-10-17(19)4-2/h5-14H,3-4,15H2,1-2H3,(H,25,29). The maximum Gasteiger partial charge on any atom is 0.350 e. The maximum absolute atomic E-state index is 12.8. The first kappa shape index (κ1) is 20.9. The van der Waals surface area contributed by atoms with Gasteiger partial charge in [-0.25, -0.2) is 18.9 Å². The summed E-state index contributed by atoms with van der Waals surface area (Å²) in [6.07, 6.45) is 4.85. The number of para-hydroxylation sites is 1. The number of rotatable bonds is 7. The molecule has 1 amide bonds. The fourth-order valence-electron chi connectivity index (χ4n) is 3.38. The first-order chi connectivity index (χ1) is 15.1. The molecule has 2 aromatic carbocycles. The van der Waals surface area contributed by atoms with E-state index in [2.05, 4.69) is 28.4 Å². The number of nitrogens with one attached hydrogen (secondary N) is 1. The van der Waals surface area contributed by atoms with Crippen LogP contribution in [0.25, 0.3) is 5.65 Å². The predicted octanol–water partition coefficient (Wildman–Crippen LogP) is 3.81. The second-order valence-electron chi connectivity index (χ2n) is 6.99. The summed E-state index contributed by atoms with van der Waals surface area (Å²) in [5.74, 6) is -0.301. The Bertz CT molecular complexity index is 1290. The number of fused-ring (bicyclic) bond motifs is 1. The number of hydrogen-bond donors (Lipinski definition) is 1. The summed E-state index contributed by atoms with van der Waals surface area (Å²) in [5, 5.41) is 7.91. The molecule has 0 saturated carbocycles. The monoisotopic (exact) mass is 433 g/mol. The van der Waals surface area contributed by atoms with Gasteiger partial charge in [-0.2, -0.15) is 0 Å². The van der Waals surface area contributed by atoms with E-state index < -0.39 is 0 Å². The Morgan fingerprint density at radius 1 is 1.03 bits per heavy atom. The van der Waals surface area contributed by atoms with E-state index in [0.29, 0.717) is 10.7 Å². The lowest BCUT2D eigenvalue weighted by atomic mass is 10.1. The highest BCUT2D eigenvalue weighted by Crippen LogP contribution is 2.31. The third-order valence-corrected chi connectivity index (χ3v) is 6.09. The van der Waals surface area contributed by atoms with Crippen LogP contribution in [0.1, 0.15) is 25.0 Å². The number of carbonyl (C=O) groups excluding carboxylic acids is 1. The van der Waals surface area contributed by atoms with Gasteiger partial charge in [-0.3, -0.25) is 4.79 Å². The van der Waals surface area contributed by atoms with Crippen molar-refractivity contribution in [3.05, 3.63) is 82.5 Å². The Morgan fingerprint density at radius 2 is 1.74 bits per heavy atom. The number of nitrogens with zero attached hydrogens (tertiary/aromatic N) is 4. The van der Waals surface area contributed by atoms with Crippen LogP contribution in [0.2, 0.25) is 0 Å². The summed E-state index contributed by atoms with van der Waals surface area (Å²) in [7, 11) is 0. The summed E-state index contributed by atoms with van der Waals surface area (Å²) in [6, 6.07) is 15.7. The molecule has 8 heteroatoms. The Labute approximate surface area is 184 Å². The summed E-state index contributed by atoms with van der Waals surface area (Å²) in [5.41, 5.74) is 3.05. The molecule has 0 aliphatic heterocycles. The quantitative estimate of drug-likeness (QED) is 0.479. The number of carbonyl (C=O) groups is 1. The van der Waals surface area contributed by atoms with Crippen LogP contribution in [0, 0.1) is 0 Å². The molecule has 0 aliphatic carbocycles. The van der Waals surface area contributed by atoms with Crippen molar-refractivity contribution in [3.63, 3.8) is 0 Å². The van der Waals surface area contributed by atoms with E-state index in [9.17, 15) is 9.59 Å². The van der Waals surface area contributed by atoms with Gasteiger partial charge in [0.1, 0.15) is 11.6 Å². The summed E-state index contributed by atoms with van der Waals surface area (Å²) in [4.78, 5) is 30.9. The highest BCUT2D eigenvalue weighted by molar-refractivity contribution is 7.99. The van der Waals surface area contributed by atoms with Crippen LogP contribution in [0.5, 0.6) is 0 Å². The van der Waals surface area contributed by atoms with Crippen LogP contribution in [0.3, 0.4) is 0 Å². The van der Waals surface area contributed by atoms with Crippen molar-refractivity contribution in [3.8, 4) is 0 Å². The number of hydrogen-bond acceptors (Lipinski definition) is 5. The number of aryl methyl sites for hydroxylation is 2. The van der Waals surface area contributed by atoms with Crippen molar-refractivity contribution in [1.82, 2.24) is 19.2 Å². The van der Waals surface area contributed by atoms with E-state index in [-0.39, 0.29) is 18.1 Å². The van der Waals surface area contributed by atoms with Crippen molar-refractivity contribution < 1.29 is 4.79 Å². The van der Waals surface area contributed by atoms with E-state index in [1.807, 2.05) is 49.4 Å². The molecule has 4 rings (SSSR count). The minimum atomic E-state index is -0.373. The minimum absolute atomic E-state index is 0.172. The highest BCUT2D eigenvalue weighted by atomic mass is 32.2. The lowest BCUT2D eigenvalue weighted by Crippen LogP contribution is -2.28. The molecule has 7 nitrogen and oxygen atoms in total. The summed E-state index contributed by atoms with van der Waals surface area (Å²) >= 11 is 1.47. The van der Waals surface area contributed by atoms with Crippen LogP contribution >= 0.6 is 11.8 Å². The molecular formula is C23H23N5O2S. The van der Waals surface area contributed by atoms with Gasteiger partial charge in [-0.05, 0) is 36.1 Å². The molecule has 158 valence electrons. The number of aromatic nitrogens is 4. The molecule has 0 atom stereocenters. The second kappa shape index (κ2) is 9.18. The smallest absolute Gasteiger partial charge is 0.324 e. The zero-order valence-electron chi connectivity index (χ0n) is 17.4. The largest absolute Gasteiger partial charge is 0.350 e. The molecule has 31 heavy (non-hydrogen) atoms. The van der Waals surface area contributed by atoms with Gasteiger partial charge < -0.3 is 5.32 Å². The number of anilines is 1. The fraction of sp³-hybridized carbons (Fsp3) is 0.217. The molecule has 0 spiro atoms. The van der Waals surface area contributed by atoms with Crippen LogP contribution in [0.4, 0.5) is 5.69 Å². The second-order valence-corrected chi connectivity index (χ2v) is 8.02.